The van der Waals surface area contributed by atoms with Gasteiger partial charge >= 0.3 is 0 Å². The Morgan fingerprint density at radius 2 is 1.84 bits per heavy atom. The van der Waals surface area contributed by atoms with Crippen LogP contribution in [-0.4, -0.2) is 18.0 Å². The molecule has 0 atom stereocenters. The number of rotatable bonds is 7. The first kappa shape index (κ1) is 22.2. The second kappa shape index (κ2) is 10.5. The van der Waals surface area contributed by atoms with Gasteiger partial charge in [-0.2, -0.15) is 5.10 Å². The fourth-order valence-corrected chi connectivity index (χ4v) is 3.13. The van der Waals surface area contributed by atoms with Gasteiger partial charge in [-0.15, -0.1) is 0 Å². The maximum Gasteiger partial charge on any atom is 0.271 e. The van der Waals surface area contributed by atoms with Crippen LogP contribution in [0.5, 0.6) is 5.75 Å². The Labute approximate surface area is 187 Å². The van der Waals surface area contributed by atoms with E-state index in [1.807, 2.05) is 0 Å². The molecule has 6 nitrogen and oxygen atoms in total. The van der Waals surface area contributed by atoms with Crippen molar-refractivity contribution in [2.24, 2.45) is 5.10 Å². The van der Waals surface area contributed by atoms with Crippen molar-refractivity contribution in [3.8, 4) is 5.75 Å². The monoisotopic (exact) mass is 483 g/mol. The van der Waals surface area contributed by atoms with Gasteiger partial charge in [-0.1, -0.05) is 18.2 Å². The standard InChI is InChI=1S/C23H19BrFN3O3/c1-15(29)27-19-9-7-17(8-10-19)23(30)28-26-13-16-6-11-22(20(24)12-16)31-14-18-4-2-3-5-21(18)25/h2-13H,14H2,1H3,(H,27,29)(H,28,30)/b26-13-. The number of carbonyl (C=O) groups excluding carboxylic acids is 2. The molecule has 3 aromatic rings. The summed E-state index contributed by atoms with van der Waals surface area (Å²) < 4.78 is 20.0. The van der Waals surface area contributed by atoms with Crippen molar-refractivity contribution in [2.75, 3.05) is 5.32 Å². The van der Waals surface area contributed by atoms with Gasteiger partial charge in [0.2, 0.25) is 5.91 Å². The number of benzene rings is 3. The average molecular weight is 484 g/mol. The molecule has 0 aliphatic heterocycles. The molecular formula is C23H19BrFN3O3. The molecule has 0 radical (unpaired) electrons. The molecule has 8 heteroatoms. The third-order valence-electron chi connectivity index (χ3n) is 4.14. The molecule has 0 spiro atoms. The molecule has 0 aliphatic rings. The van der Waals surface area contributed by atoms with Crippen molar-refractivity contribution in [1.29, 1.82) is 0 Å². The molecule has 158 valence electrons. The van der Waals surface area contributed by atoms with E-state index in [-0.39, 0.29) is 24.2 Å². The summed E-state index contributed by atoms with van der Waals surface area (Å²) in [5.74, 6) is -0.322. The summed E-state index contributed by atoms with van der Waals surface area (Å²) >= 11 is 3.42. The number of hydrogen-bond acceptors (Lipinski definition) is 4. The number of hydrogen-bond donors (Lipinski definition) is 2. The van der Waals surface area contributed by atoms with E-state index in [4.69, 9.17) is 4.74 Å². The molecule has 0 fully saturated rings. The first-order valence-electron chi connectivity index (χ1n) is 9.29. The van der Waals surface area contributed by atoms with Gasteiger partial charge in [0.1, 0.15) is 18.2 Å². The fraction of sp³-hybridized carbons (Fsp3) is 0.0870. The summed E-state index contributed by atoms with van der Waals surface area (Å²) in [7, 11) is 0. The number of nitrogens with zero attached hydrogens (tertiary/aromatic N) is 1. The molecule has 0 aliphatic carbocycles. The number of nitrogens with one attached hydrogen (secondary N) is 2. The topological polar surface area (TPSA) is 79.8 Å². The summed E-state index contributed by atoms with van der Waals surface area (Å²) in [6.07, 6.45) is 1.50. The van der Waals surface area contributed by atoms with Gasteiger partial charge in [0.25, 0.3) is 5.91 Å². The average Bonchev–Trinajstić information content (AvgIpc) is 2.74. The van der Waals surface area contributed by atoms with E-state index in [0.29, 0.717) is 27.0 Å². The molecule has 0 bridgehead atoms. The highest BCUT2D eigenvalue weighted by Gasteiger charge is 2.07. The fourth-order valence-electron chi connectivity index (χ4n) is 2.62. The smallest absolute Gasteiger partial charge is 0.271 e. The van der Waals surface area contributed by atoms with Crippen LogP contribution in [0, 0.1) is 5.82 Å². The maximum absolute atomic E-state index is 13.7. The minimum Gasteiger partial charge on any atom is -0.488 e. The van der Waals surface area contributed by atoms with Gasteiger partial charge in [0, 0.05) is 23.7 Å². The SMILES string of the molecule is CC(=O)Nc1ccc(C(=O)N/N=C\c2ccc(OCc3ccccc3F)c(Br)c2)cc1. The largest absolute Gasteiger partial charge is 0.488 e. The van der Waals surface area contributed by atoms with Gasteiger partial charge in [-0.25, -0.2) is 9.82 Å². The lowest BCUT2D eigenvalue weighted by Crippen LogP contribution is -2.17. The lowest BCUT2D eigenvalue weighted by molar-refractivity contribution is -0.114. The van der Waals surface area contributed by atoms with Crippen LogP contribution in [0.4, 0.5) is 10.1 Å². The maximum atomic E-state index is 13.7. The third-order valence-corrected chi connectivity index (χ3v) is 4.76. The van der Waals surface area contributed by atoms with Crippen LogP contribution in [0.25, 0.3) is 0 Å². The quantitative estimate of drug-likeness (QED) is 0.370. The lowest BCUT2D eigenvalue weighted by atomic mass is 10.2. The first-order chi connectivity index (χ1) is 14.9. The van der Waals surface area contributed by atoms with E-state index in [1.165, 1.54) is 19.2 Å². The van der Waals surface area contributed by atoms with Crippen LogP contribution in [0.1, 0.15) is 28.4 Å². The highest BCUT2D eigenvalue weighted by Crippen LogP contribution is 2.26. The van der Waals surface area contributed by atoms with Crippen LogP contribution in [0.15, 0.2) is 76.3 Å². The van der Waals surface area contributed by atoms with Gasteiger partial charge in [0.15, 0.2) is 0 Å². The minimum absolute atomic E-state index is 0.107. The molecule has 31 heavy (non-hydrogen) atoms. The third kappa shape index (κ3) is 6.48. The zero-order valence-corrected chi connectivity index (χ0v) is 18.1. The number of amides is 2. The van der Waals surface area contributed by atoms with Gasteiger partial charge < -0.3 is 10.1 Å². The molecule has 2 N–H and O–H groups in total. The van der Waals surface area contributed by atoms with Crippen LogP contribution in [0.3, 0.4) is 0 Å². The molecule has 0 saturated heterocycles. The van der Waals surface area contributed by atoms with Crippen LogP contribution >= 0.6 is 15.9 Å². The van der Waals surface area contributed by atoms with Crippen LogP contribution in [-0.2, 0) is 11.4 Å². The highest BCUT2D eigenvalue weighted by molar-refractivity contribution is 9.10. The summed E-state index contributed by atoms with van der Waals surface area (Å²) in [6.45, 7) is 1.52. The molecule has 0 unspecified atom stereocenters. The second-order valence-corrected chi connectivity index (χ2v) is 7.38. The van der Waals surface area contributed by atoms with E-state index in [1.54, 1.807) is 60.7 Å². The van der Waals surface area contributed by atoms with Gasteiger partial charge in [-0.05, 0) is 70.0 Å². The van der Waals surface area contributed by atoms with Crippen LogP contribution in [0.2, 0.25) is 0 Å². The zero-order chi connectivity index (χ0) is 22.2. The van der Waals surface area contributed by atoms with Crippen molar-refractivity contribution in [1.82, 2.24) is 5.43 Å². The molecule has 0 aromatic heterocycles. The Morgan fingerprint density at radius 1 is 1.10 bits per heavy atom. The summed E-state index contributed by atoms with van der Waals surface area (Å²) in [4.78, 5) is 23.2. The summed E-state index contributed by atoms with van der Waals surface area (Å²) in [5, 5.41) is 6.59. The number of carbonyl (C=O) groups is 2. The molecule has 3 rings (SSSR count). The predicted molar refractivity (Wildman–Crippen MR) is 121 cm³/mol. The number of hydrazone groups is 1. The normalized spacial score (nSPS) is 10.7. The van der Waals surface area contributed by atoms with E-state index in [9.17, 15) is 14.0 Å². The Hall–Kier alpha value is -3.52. The molecule has 0 saturated carbocycles. The first-order valence-corrected chi connectivity index (χ1v) is 10.1. The number of ether oxygens (including phenoxy) is 1. The van der Waals surface area contributed by atoms with Crippen molar-refractivity contribution >= 4 is 39.6 Å². The summed E-state index contributed by atoms with van der Waals surface area (Å²) in [5.41, 5.74) is 4.66. The number of halogens is 2. The zero-order valence-electron chi connectivity index (χ0n) is 16.6. The Kier molecular flexibility index (Phi) is 7.50. The Bertz CT molecular complexity index is 1120. The van der Waals surface area contributed by atoms with E-state index < -0.39 is 0 Å². The molecular weight excluding hydrogens is 465 g/mol. The predicted octanol–water partition coefficient (Wildman–Crippen LogP) is 4.89. The lowest BCUT2D eigenvalue weighted by Gasteiger charge is -2.09. The highest BCUT2D eigenvalue weighted by atomic mass is 79.9. The Morgan fingerprint density at radius 3 is 2.52 bits per heavy atom. The van der Waals surface area contributed by atoms with E-state index >= 15 is 0 Å². The van der Waals surface area contributed by atoms with E-state index in [0.717, 1.165) is 5.56 Å². The van der Waals surface area contributed by atoms with Crippen molar-refractivity contribution in [3.63, 3.8) is 0 Å². The molecule has 3 aromatic carbocycles. The Balaban J connectivity index is 1.56. The number of anilines is 1. The van der Waals surface area contributed by atoms with Gasteiger partial charge in [0.05, 0.1) is 10.7 Å². The summed E-state index contributed by atoms with van der Waals surface area (Å²) in [6, 6.07) is 18.2. The molecule has 0 heterocycles. The minimum atomic E-state index is -0.380. The van der Waals surface area contributed by atoms with Crippen molar-refractivity contribution in [3.05, 3.63) is 93.7 Å². The second-order valence-electron chi connectivity index (χ2n) is 6.53. The van der Waals surface area contributed by atoms with Crippen LogP contribution < -0.4 is 15.5 Å². The van der Waals surface area contributed by atoms with Crippen molar-refractivity contribution < 1.29 is 18.7 Å². The van der Waals surface area contributed by atoms with Crippen molar-refractivity contribution in [2.45, 2.75) is 13.5 Å². The van der Waals surface area contributed by atoms with Gasteiger partial charge in [-0.3, -0.25) is 9.59 Å². The molecule has 2 amide bonds. The van der Waals surface area contributed by atoms with E-state index in [2.05, 4.69) is 31.8 Å².